The van der Waals surface area contributed by atoms with Crippen molar-refractivity contribution in [1.29, 1.82) is 0 Å². The fourth-order valence-corrected chi connectivity index (χ4v) is 1.53. The van der Waals surface area contributed by atoms with Gasteiger partial charge < -0.3 is 10.6 Å². The zero-order chi connectivity index (χ0) is 16.8. The van der Waals surface area contributed by atoms with Gasteiger partial charge in [-0.25, -0.2) is 0 Å². The number of allylic oxidation sites excluding steroid dienone is 1. The lowest BCUT2D eigenvalue weighted by Crippen LogP contribution is -2.30. The van der Waals surface area contributed by atoms with Crippen LogP contribution in [0.5, 0.6) is 0 Å². The summed E-state index contributed by atoms with van der Waals surface area (Å²) < 4.78 is 36.5. The van der Waals surface area contributed by atoms with Crippen LogP contribution in [0, 0.1) is 0 Å². The van der Waals surface area contributed by atoms with E-state index in [4.69, 9.17) is 0 Å². The second-order valence-corrected chi connectivity index (χ2v) is 4.71. The van der Waals surface area contributed by atoms with E-state index in [9.17, 15) is 22.8 Å². The van der Waals surface area contributed by atoms with Crippen molar-refractivity contribution < 1.29 is 22.8 Å². The van der Waals surface area contributed by atoms with Crippen LogP contribution in [0.2, 0.25) is 0 Å². The fourth-order valence-electron chi connectivity index (χ4n) is 1.53. The van der Waals surface area contributed by atoms with Gasteiger partial charge in [0.15, 0.2) is 0 Å². The average molecular weight is 314 g/mol. The third-order valence-corrected chi connectivity index (χ3v) is 2.84. The molecule has 7 heteroatoms. The van der Waals surface area contributed by atoms with Gasteiger partial charge in [-0.3, -0.25) is 9.59 Å². The van der Waals surface area contributed by atoms with Gasteiger partial charge in [-0.2, -0.15) is 13.2 Å². The highest BCUT2D eigenvalue weighted by molar-refractivity contribution is 5.95. The third kappa shape index (κ3) is 5.99. The normalized spacial score (nSPS) is 12.0. The monoisotopic (exact) mass is 314 g/mol. The Kier molecular flexibility index (Phi) is 6.15. The molecule has 0 bridgehead atoms. The molecular formula is C15H17F3N2O2. The first-order chi connectivity index (χ1) is 10.2. The van der Waals surface area contributed by atoms with Crippen LogP contribution in [0.3, 0.4) is 0 Å². The molecule has 0 atom stereocenters. The van der Waals surface area contributed by atoms with E-state index in [0.29, 0.717) is 5.56 Å². The number of carbonyl (C=O) groups excluding carboxylic acids is 2. The first-order valence-corrected chi connectivity index (χ1v) is 6.64. The number of carbonyl (C=O) groups is 2. The minimum absolute atomic E-state index is 0.0226. The smallest absolute Gasteiger partial charge is 0.348 e. The van der Waals surface area contributed by atoms with E-state index in [-0.39, 0.29) is 18.1 Å². The quantitative estimate of drug-likeness (QED) is 0.820. The largest absolute Gasteiger partial charge is 0.471 e. The zero-order valence-electron chi connectivity index (χ0n) is 12.3. The summed E-state index contributed by atoms with van der Waals surface area (Å²) in [6.07, 6.45) is -2.71. The Hall–Kier alpha value is -2.31. The number of nitrogens with one attached hydrogen (secondary N) is 2. The van der Waals surface area contributed by atoms with E-state index < -0.39 is 12.1 Å². The molecule has 2 N–H and O–H groups in total. The fraction of sp³-hybridized carbons (Fsp3) is 0.333. The first kappa shape index (κ1) is 17.7. The molecule has 0 aliphatic carbocycles. The molecule has 0 aliphatic rings. The second kappa shape index (κ2) is 7.63. The van der Waals surface area contributed by atoms with Crippen LogP contribution in [0.1, 0.15) is 25.8 Å². The highest BCUT2D eigenvalue weighted by Gasteiger charge is 2.38. The van der Waals surface area contributed by atoms with Gasteiger partial charge in [0.1, 0.15) is 0 Å². The molecule has 1 aromatic carbocycles. The predicted molar refractivity (Wildman–Crippen MR) is 77.0 cm³/mol. The summed E-state index contributed by atoms with van der Waals surface area (Å²) >= 11 is 0. The predicted octanol–water partition coefficient (Wildman–Crippen LogP) is 3.16. The summed E-state index contributed by atoms with van der Waals surface area (Å²) in [5.74, 6) is -2.31. The zero-order valence-corrected chi connectivity index (χ0v) is 12.3. The van der Waals surface area contributed by atoms with E-state index in [0.717, 1.165) is 12.0 Å². The molecule has 0 radical (unpaired) electrons. The maximum Gasteiger partial charge on any atom is 0.471 e. The molecule has 4 nitrogen and oxygen atoms in total. The molecule has 0 heterocycles. The lowest BCUT2D eigenvalue weighted by atomic mass is 10.2. The van der Waals surface area contributed by atoms with Crippen molar-refractivity contribution in [1.82, 2.24) is 5.32 Å². The van der Waals surface area contributed by atoms with Crippen LogP contribution >= 0.6 is 0 Å². The van der Waals surface area contributed by atoms with Gasteiger partial charge in [0.2, 0.25) is 5.91 Å². The van der Waals surface area contributed by atoms with Crippen molar-refractivity contribution >= 4 is 17.5 Å². The first-order valence-electron chi connectivity index (χ1n) is 6.64. The third-order valence-electron chi connectivity index (χ3n) is 2.84. The number of rotatable bonds is 5. The van der Waals surface area contributed by atoms with Crippen molar-refractivity contribution in [3.05, 3.63) is 41.5 Å². The van der Waals surface area contributed by atoms with Crippen molar-refractivity contribution in [3.63, 3.8) is 0 Å². The van der Waals surface area contributed by atoms with Crippen LogP contribution in [0.15, 0.2) is 35.9 Å². The Morgan fingerprint density at radius 3 is 2.55 bits per heavy atom. The van der Waals surface area contributed by atoms with Gasteiger partial charge in [-0.05, 0) is 31.0 Å². The summed E-state index contributed by atoms with van der Waals surface area (Å²) in [5.41, 5.74) is 1.52. The van der Waals surface area contributed by atoms with Gasteiger partial charge in [-0.1, -0.05) is 24.6 Å². The number of halogens is 3. The van der Waals surface area contributed by atoms with Crippen LogP contribution in [0.25, 0.3) is 0 Å². The topological polar surface area (TPSA) is 58.2 Å². The standard InChI is InChI=1S/C15H17F3N2O2/c1-3-10(2)7-13(21)19-9-11-5-4-6-12(8-11)20-14(22)15(16,17)18/h4-8H,3,9H2,1-2H3,(H,19,21)(H,20,22)/b10-7+. The molecule has 0 spiro atoms. The summed E-state index contributed by atoms with van der Waals surface area (Å²) in [7, 11) is 0. The minimum atomic E-state index is -4.94. The van der Waals surface area contributed by atoms with Crippen molar-refractivity contribution in [3.8, 4) is 0 Å². The molecule has 22 heavy (non-hydrogen) atoms. The summed E-state index contributed by atoms with van der Waals surface area (Å²) in [6, 6.07) is 5.86. The van der Waals surface area contributed by atoms with Gasteiger partial charge in [0, 0.05) is 18.3 Å². The lowest BCUT2D eigenvalue weighted by molar-refractivity contribution is -0.167. The number of benzene rings is 1. The molecule has 0 aromatic heterocycles. The molecule has 1 rings (SSSR count). The Morgan fingerprint density at radius 1 is 1.27 bits per heavy atom. The van der Waals surface area contributed by atoms with Gasteiger partial charge in [0.05, 0.1) is 0 Å². The second-order valence-electron chi connectivity index (χ2n) is 4.71. The highest BCUT2D eigenvalue weighted by atomic mass is 19.4. The van der Waals surface area contributed by atoms with Crippen molar-refractivity contribution in [2.45, 2.75) is 33.0 Å². The van der Waals surface area contributed by atoms with Crippen LogP contribution in [0.4, 0.5) is 18.9 Å². The van der Waals surface area contributed by atoms with Crippen molar-refractivity contribution in [2.75, 3.05) is 5.32 Å². The Morgan fingerprint density at radius 2 is 1.95 bits per heavy atom. The molecule has 2 amide bonds. The molecule has 0 saturated heterocycles. The number of amides is 2. The molecule has 1 aromatic rings. The SMILES string of the molecule is CC/C(C)=C/C(=O)NCc1cccc(NC(=O)C(F)(F)F)c1. The van der Waals surface area contributed by atoms with Gasteiger partial charge in [0.25, 0.3) is 0 Å². The Labute approximate surface area is 126 Å². The maximum absolute atomic E-state index is 12.2. The van der Waals surface area contributed by atoms with E-state index in [1.165, 1.54) is 24.3 Å². The molecule has 0 aliphatic heterocycles. The number of anilines is 1. The van der Waals surface area contributed by atoms with Crippen molar-refractivity contribution in [2.24, 2.45) is 0 Å². The maximum atomic E-state index is 12.2. The van der Waals surface area contributed by atoms with Crippen LogP contribution in [-0.4, -0.2) is 18.0 Å². The average Bonchev–Trinajstić information content (AvgIpc) is 2.44. The molecule has 120 valence electrons. The van der Waals surface area contributed by atoms with E-state index >= 15 is 0 Å². The Bertz CT molecular complexity index is 580. The van der Waals surface area contributed by atoms with E-state index in [1.54, 1.807) is 11.4 Å². The molecular weight excluding hydrogens is 297 g/mol. The van der Waals surface area contributed by atoms with Gasteiger partial charge in [-0.15, -0.1) is 0 Å². The van der Waals surface area contributed by atoms with Gasteiger partial charge >= 0.3 is 12.1 Å². The highest BCUT2D eigenvalue weighted by Crippen LogP contribution is 2.18. The molecule has 0 fully saturated rings. The minimum Gasteiger partial charge on any atom is -0.348 e. The van der Waals surface area contributed by atoms with Crippen LogP contribution in [-0.2, 0) is 16.1 Å². The summed E-state index contributed by atoms with van der Waals surface area (Å²) in [6.45, 7) is 3.90. The Balaban J connectivity index is 2.65. The van der Waals surface area contributed by atoms with E-state index in [1.807, 2.05) is 13.8 Å². The van der Waals surface area contributed by atoms with Crippen LogP contribution < -0.4 is 10.6 Å². The summed E-state index contributed by atoms with van der Waals surface area (Å²) in [4.78, 5) is 22.4. The molecule has 0 unspecified atom stereocenters. The number of alkyl halides is 3. The lowest BCUT2D eigenvalue weighted by Gasteiger charge is -2.09. The number of hydrogen-bond acceptors (Lipinski definition) is 2. The molecule has 0 saturated carbocycles. The number of hydrogen-bond donors (Lipinski definition) is 2. The van der Waals surface area contributed by atoms with E-state index in [2.05, 4.69) is 5.32 Å². The summed E-state index contributed by atoms with van der Waals surface area (Å²) in [5, 5.41) is 4.39.